The molecule has 17 heavy (non-hydrogen) atoms. The maximum Gasteiger partial charge on any atom is 0.262 e. The van der Waals surface area contributed by atoms with Crippen LogP contribution in [-0.2, 0) is 0 Å². The molecule has 3 aromatic rings. The van der Waals surface area contributed by atoms with Gasteiger partial charge in [0.1, 0.15) is 17.1 Å². The van der Waals surface area contributed by atoms with Crippen LogP contribution in [-0.4, -0.2) is 15.0 Å². The Labute approximate surface area is 106 Å². The van der Waals surface area contributed by atoms with Gasteiger partial charge in [0, 0.05) is 0 Å². The highest BCUT2D eigenvalue weighted by Gasteiger charge is 2.12. The van der Waals surface area contributed by atoms with Crippen molar-refractivity contribution in [1.29, 1.82) is 0 Å². The fourth-order valence-corrected chi connectivity index (χ4v) is 3.22. The molecule has 3 aromatic heterocycles. The smallest absolute Gasteiger partial charge is 0.262 e. The van der Waals surface area contributed by atoms with Crippen molar-refractivity contribution >= 4 is 33.3 Å². The van der Waals surface area contributed by atoms with Crippen LogP contribution in [0.5, 0.6) is 0 Å². The third kappa shape index (κ3) is 1.94. The molecule has 86 valence electrons. The molecule has 0 N–H and O–H groups in total. The van der Waals surface area contributed by atoms with E-state index in [1.807, 2.05) is 25.3 Å². The van der Waals surface area contributed by atoms with Crippen molar-refractivity contribution in [2.75, 3.05) is 0 Å². The lowest BCUT2D eigenvalue weighted by Crippen LogP contribution is -1.82. The van der Waals surface area contributed by atoms with E-state index in [4.69, 9.17) is 4.42 Å². The third-order valence-corrected chi connectivity index (χ3v) is 4.30. The summed E-state index contributed by atoms with van der Waals surface area (Å²) in [4.78, 5) is 12.8. The molecular weight excluding hydrogens is 254 g/mol. The number of rotatable bonds is 2. The molecular formula is C11H9N3OS2. The van der Waals surface area contributed by atoms with E-state index in [9.17, 15) is 0 Å². The Hall–Kier alpha value is -1.40. The first-order valence-electron chi connectivity index (χ1n) is 5.04. The Bertz CT molecular complexity index is 655. The van der Waals surface area contributed by atoms with Gasteiger partial charge in [0.2, 0.25) is 0 Å². The van der Waals surface area contributed by atoms with Crippen molar-refractivity contribution in [3.63, 3.8) is 0 Å². The third-order valence-electron chi connectivity index (χ3n) is 2.40. The molecule has 0 bridgehead atoms. The van der Waals surface area contributed by atoms with Crippen molar-refractivity contribution in [2.24, 2.45) is 0 Å². The normalized spacial score (nSPS) is 11.2. The van der Waals surface area contributed by atoms with Gasteiger partial charge in [0.15, 0.2) is 0 Å². The summed E-state index contributed by atoms with van der Waals surface area (Å²) in [7, 11) is 0. The Balaban J connectivity index is 2.02. The van der Waals surface area contributed by atoms with Crippen molar-refractivity contribution in [1.82, 2.24) is 15.0 Å². The van der Waals surface area contributed by atoms with Crippen molar-refractivity contribution in [3.05, 3.63) is 29.2 Å². The number of oxazole rings is 1. The van der Waals surface area contributed by atoms with Gasteiger partial charge in [-0.2, -0.15) is 0 Å². The molecule has 0 saturated heterocycles. The first kappa shape index (κ1) is 10.7. The fraction of sp³-hybridized carbons (Fsp3) is 0.182. The van der Waals surface area contributed by atoms with E-state index in [1.54, 1.807) is 17.7 Å². The Kier molecular flexibility index (Phi) is 2.60. The van der Waals surface area contributed by atoms with Crippen LogP contribution >= 0.6 is 23.1 Å². The molecule has 3 rings (SSSR count). The van der Waals surface area contributed by atoms with Crippen LogP contribution in [0.25, 0.3) is 10.2 Å². The molecule has 0 saturated carbocycles. The van der Waals surface area contributed by atoms with E-state index in [1.165, 1.54) is 11.8 Å². The summed E-state index contributed by atoms with van der Waals surface area (Å²) in [5.74, 6) is 0.851. The quantitative estimate of drug-likeness (QED) is 0.663. The van der Waals surface area contributed by atoms with Crippen molar-refractivity contribution in [3.8, 4) is 0 Å². The summed E-state index contributed by atoms with van der Waals surface area (Å²) in [5.41, 5.74) is 1.89. The summed E-state index contributed by atoms with van der Waals surface area (Å²) in [6.07, 6.45) is 1.57. The summed E-state index contributed by atoms with van der Waals surface area (Å²) < 4.78 is 6.61. The van der Waals surface area contributed by atoms with Gasteiger partial charge in [0.05, 0.1) is 15.9 Å². The monoisotopic (exact) mass is 263 g/mol. The molecule has 0 aliphatic carbocycles. The van der Waals surface area contributed by atoms with Gasteiger partial charge in [-0.3, -0.25) is 0 Å². The van der Waals surface area contributed by atoms with E-state index in [0.29, 0.717) is 5.22 Å². The predicted octanol–water partition coefficient (Wildman–Crippen LogP) is 3.45. The minimum Gasteiger partial charge on any atom is -0.436 e. The standard InChI is InChI=1S/C11H9N3OS2/c1-6-7(2)15-11(14-6)17-10-9-8(3-4-16-9)12-5-13-10/h3-5H,1-2H3. The number of thiophene rings is 1. The first-order valence-corrected chi connectivity index (χ1v) is 6.74. The molecule has 4 nitrogen and oxygen atoms in total. The van der Waals surface area contributed by atoms with Gasteiger partial charge in [-0.25, -0.2) is 15.0 Å². The average molecular weight is 263 g/mol. The second-order valence-electron chi connectivity index (χ2n) is 3.54. The second kappa shape index (κ2) is 4.12. The molecule has 0 aliphatic rings. The van der Waals surface area contributed by atoms with Crippen LogP contribution in [0.15, 0.2) is 32.4 Å². The van der Waals surface area contributed by atoms with Gasteiger partial charge in [-0.15, -0.1) is 11.3 Å². The zero-order chi connectivity index (χ0) is 11.8. The largest absolute Gasteiger partial charge is 0.436 e. The van der Waals surface area contributed by atoms with E-state index in [2.05, 4.69) is 15.0 Å². The average Bonchev–Trinajstić information content (AvgIpc) is 2.87. The number of aromatic nitrogens is 3. The van der Waals surface area contributed by atoms with Gasteiger partial charge in [-0.1, -0.05) is 0 Å². The molecule has 0 atom stereocenters. The highest BCUT2D eigenvalue weighted by atomic mass is 32.2. The van der Waals surface area contributed by atoms with Crippen LogP contribution in [0.3, 0.4) is 0 Å². The molecule has 0 radical (unpaired) electrons. The van der Waals surface area contributed by atoms with Gasteiger partial charge in [-0.05, 0) is 37.1 Å². The predicted molar refractivity (Wildman–Crippen MR) is 67.5 cm³/mol. The summed E-state index contributed by atoms with van der Waals surface area (Å²) in [6, 6.07) is 1.98. The summed E-state index contributed by atoms with van der Waals surface area (Å²) in [6.45, 7) is 3.84. The Morgan fingerprint density at radius 2 is 2.18 bits per heavy atom. The number of nitrogens with zero attached hydrogens (tertiary/aromatic N) is 3. The maximum atomic E-state index is 5.54. The molecule has 0 aliphatic heterocycles. The molecule has 0 aromatic carbocycles. The van der Waals surface area contributed by atoms with Crippen LogP contribution in [0.1, 0.15) is 11.5 Å². The highest BCUT2D eigenvalue weighted by Crippen LogP contribution is 2.33. The minimum atomic E-state index is 0.633. The van der Waals surface area contributed by atoms with E-state index in [0.717, 1.165) is 26.7 Å². The highest BCUT2D eigenvalue weighted by molar-refractivity contribution is 7.99. The fourth-order valence-electron chi connectivity index (χ4n) is 1.41. The Morgan fingerprint density at radius 3 is 2.94 bits per heavy atom. The second-order valence-corrected chi connectivity index (χ2v) is 5.39. The van der Waals surface area contributed by atoms with Crippen molar-refractivity contribution < 1.29 is 4.42 Å². The zero-order valence-corrected chi connectivity index (χ0v) is 10.9. The van der Waals surface area contributed by atoms with Crippen LogP contribution < -0.4 is 0 Å². The van der Waals surface area contributed by atoms with Crippen LogP contribution in [0, 0.1) is 13.8 Å². The molecule has 0 fully saturated rings. The Morgan fingerprint density at radius 1 is 1.29 bits per heavy atom. The van der Waals surface area contributed by atoms with E-state index < -0.39 is 0 Å². The van der Waals surface area contributed by atoms with Crippen LogP contribution in [0.2, 0.25) is 0 Å². The lowest BCUT2D eigenvalue weighted by Gasteiger charge is -1.96. The summed E-state index contributed by atoms with van der Waals surface area (Å²) >= 11 is 3.07. The maximum absolute atomic E-state index is 5.54. The molecule has 0 unspecified atom stereocenters. The molecule has 0 spiro atoms. The SMILES string of the molecule is Cc1nc(Sc2ncnc3ccsc23)oc1C. The minimum absolute atomic E-state index is 0.633. The zero-order valence-electron chi connectivity index (χ0n) is 9.30. The lowest BCUT2D eigenvalue weighted by atomic mass is 10.4. The van der Waals surface area contributed by atoms with E-state index >= 15 is 0 Å². The molecule has 0 amide bonds. The number of fused-ring (bicyclic) bond motifs is 1. The van der Waals surface area contributed by atoms with Crippen molar-refractivity contribution in [2.45, 2.75) is 24.1 Å². The summed E-state index contributed by atoms with van der Waals surface area (Å²) in [5, 5.41) is 3.54. The van der Waals surface area contributed by atoms with E-state index in [-0.39, 0.29) is 0 Å². The number of hydrogen-bond donors (Lipinski definition) is 0. The molecule has 6 heteroatoms. The number of aryl methyl sites for hydroxylation is 2. The number of hydrogen-bond acceptors (Lipinski definition) is 6. The topological polar surface area (TPSA) is 51.8 Å². The van der Waals surface area contributed by atoms with Gasteiger partial charge >= 0.3 is 0 Å². The first-order chi connectivity index (χ1) is 8.24. The van der Waals surface area contributed by atoms with Gasteiger partial charge < -0.3 is 4.42 Å². The molecule has 3 heterocycles. The lowest BCUT2D eigenvalue weighted by molar-refractivity contribution is 0.431. The van der Waals surface area contributed by atoms with Gasteiger partial charge in [0.25, 0.3) is 5.22 Å². The van der Waals surface area contributed by atoms with Crippen LogP contribution in [0.4, 0.5) is 0 Å².